The number of nitrogens with zero attached hydrogens (tertiary/aromatic N) is 4. The number of thiazole rings is 1. The molecule has 0 fully saturated rings. The highest BCUT2D eigenvalue weighted by Crippen LogP contribution is 2.37. The third-order valence-corrected chi connectivity index (χ3v) is 5.93. The largest absolute Gasteiger partial charge is 0.454 e. The van der Waals surface area contributed by atoms with Gasteiger partial charge in [0.25, 0.3) is 5.69 Å². The maximum atomic E-state index is 13.3. The third-order valence-electron chi connectivity index (χ3n) is 5.11. The van der Waals surface area contributed by atoms with Gasteiger partial charge >= 0.3 is 0 Å². The maximum Gasteiger partial charge on any atom is 0.282 e. The van der Waals surface area contributed by atoms with Crippen LogP contribution in [-0.4, -0.2) is 22.6 Å². The summed E-state index contributed by atoms with van der Waals surface area (Å²) in [7, 11) is 0. The molecule has 0 amide bonds. The number of aryl methyl sites for hydroxylation is 1. The van der Waals surface area contributed by atoms with Crippen LogP contribution in [0.4, 0.5) is 15.8 Å². The van der Waals surface area contributed by atoms with Crippen LogP contribution in [-0.2, 0) is 0 Å². The summed E-state index contributed by atoms with van der Waals surface area (Å²) in [4.78, 5) is 16.3. The summed E-state index contributed by atoms with van der Waals surface area (Å²) in [6, 6.07) is 16.6. The molecule has 170 valence electrons. The van der Waals surface area contributed by atoms with Gasteiger partial charge in [-0.15, -0.1) is 11.3 Å². The first-order chi connectivity index (χ1) is 16.5. The van der Waals surface area contributed by atoms with Crippen LogP contribution < -0.4 is 14.3 Å². The molecule has 0 bridgehead atoms. The zero-order valence-corrected chi connectivity index (χ0v) is 18.7. The first-order valence-electron chi connectivity index (χ1n) is 10.2. The molecule has 4 aromatic rings. The summed E-state index contributed by atoms with van der Waals surface area (Å²) in [5, 5.41) is 18.1. The average Bonchev–Trinajstić information content (AvgIpc) is 3.45. The highest BCUT2D eigenvalue weighted by atomic mass is 32.1. The molecule has 8 nitrogen and oxygen atoms in total. The van der Waals surface area contributed by atoms with E-state index in [4.69, 9.17) is 9.47 Å². The molecule has 0 saturated heterocycles. The molecule has 1 aliphatic rings. The molecule has 1 aromatic heterocycles. The molecule has 0 saturated carbocycles. The lowest BCUT2D eigenvalue weighted by atomic mass is 10.1. The Morgan fingerprint density at radius 3 is 2.50 bits per heavy atom. The van der Waals surface area contributed by atoms with E-state index in [1.54, 1.807) is 16.8 Å². The number of hydrogen-bond acceptors (Lipinski definition) is 7. The van der Waals surface area contributed by atoms with E-state index in [-0.39, 0.29) is 23.9 Å². The predicted octanol–water partition coefficient (Wildman–Crippen LogP) is 5.42. The summed E-state index contributed by atoms with van der Waals surface area (Å²) >= 11 is 1.35. The minimum absolute atomic E-state index is 0.00460. The maximum absolute atomic E-state index is 13.3. The van der Waals surface area contributed by atoms with Gasteiger partial charge in [-0.1, -0.05) is 29.8 Å². The number of rotatable bonds is 5. The van der Waals surface area contributed by atoms with Crippen molar-refractivity contribution in [1.82, 2.24) is 4.68 Å². The van der Waals surface area contributed by atoms with E-state index in [0.29, 0.717) is 22.0 Å². The molecule has 10 heteroatoms. The summed E-state index contributed by atoms with van der Waals surface area (Å²) in [5.41, 5.74) is 3.43. The van der Waals surface area contributed by atoms with Gasteiger partial charge in [-0.25, -0.2) is 14.1 Å². The van der Waals surface area contributed by atoms with Crippen molar-refractivity contribution in [2.45, 2.75) is 6.92 Å². The summed E-state index contributed by atoms with van der Waals surface area (Å²) in [5.74, 6) is 0.378. The molecular weight excluding hydrogens is 459 g/mol. The van der Waals surface area contributed by atoms with Gasteiger partial charge in [0, 0.05) is 10.9 Å². The van der Waals surface area contributed by atoms with Gasteiger partial charge in [0.2, 0.25) is 11.6 Å². The van der Waals surface area contributed by atoms with E-state index in [2.05, 4.69) is 10.1 Å². The number of halogens is 1. The Balaban J connectivity index is 1.64. The number of hydrogen-bond donors (Lipinski definition) is 0. The van der Waals surface area contributed by atoms with E-state index in [1.165, 1.54) is 41.8 Å². The summed E-state index contributed by atoms with van der Waals surface area (Å²) in [6.45, 7) is 2.00. The van der Waals surface area contributed by atoms with E-state index < -0.39 is 4.92 Å². The van der Waals surface area contributed by atoms with Gasteiger partial charge in [-0.2, -0.15) is 5.10 Å². The lowest BCUT2D eigenvalue weighted by Gasteiger charge is -2.05. The van der Waals surface area contributed by atoms with E-state index in [9.17, 15) is 14.5 Å². The number of nitro benzene ring substituents is 1. The molecule has 5 rings (SSSR count). The van der Waals surface area contributed by atoms with Crippen LogP contribution in [0.2, 0.25) is 0 Å². The van der Waals surface area contributed by atoms with Gasteiger partial charge < -0.3 is 9.47 Å². The molecule has 0 spiro atoms. The minimum atomic E-state index is -0.494. The molecule has 1 aliphatic heterocycles. The molecule has 34 heavy (non-hydrogen) atoms. The van der Waals surface area contributed by atoms with Crippen molar-refractivity contribution in [3.8, 4) is 22.8 Å². The Hall–Kier alpha value is -4.31. The van der Waals surface area contributed by atoms with Crippen LogP contribution >= 0.6 is 11.3 Å². The van der Waals surface area contributed by atoms with Crippen molar-refractivity contribution in [2.24, 2.45) is 10.1 Å². The molecule has 0 radical (unpaired) electrons. The number of ether oxygens (including phenoxy) is 2. The second-order valence-electron chi connectivity index (χ2n) is 7.44. The Labute approximate surface area is 197 Å². The van der Waals surface area contributed by atoms with Crippen LogP contribution in [0.5, 0.6) is 11.5 Å². The first-order valence-corrected chi connectivity index (χ1v) is 11.1. The fourth-order valence-corrected chi connectivity index (χ4v) is 4.22. The second kappa shape index (κ2) is 8.91. The smallest absolute Gasteiger partial charge is 0.282 e. The first kappa shape index (κ1) is 21.5. The molecule has 0 unspecified atom stereocenters. The van der Waals surface area contributed by atoms with E-state index in [0.717, 1.165) is 16.8 Å². The molecule has 3 aromatic carbocycles. The van der Waals surface area contributed by atoms with Crippen molar-refractivity contribution in [2.75, 3.05) is 6.79 Å². The van der Waals surface area contributed by atoms with Gasteiger partial charge in [-0.05, 0) is 37.3 Å². The van der Waals surface area contributed by atoms with E-state index >= 15 is 0 Å². The number of aromatic nitrogens is 1. The Kier molecular flexibility index (Phi) is 5.64. The Morgan fingerprint density at radius 2 is 1.79 bits per heavy atom. The van der Waals surface area contributed by atoms with Gasteiger partial charge in [-0.3, -0.25) is 10.1 Å². The van der Waals surface area contributed by atoms with Crippen molar-refractivity contribution in [1.29, 1.82) is 0 Å². The lowest BCUT2D eigenvalue weighted by molar-refractivity contribution is -0.385. The number of benzene rings is 3. The van der Waals surface area contributed by atoms with Crippen molar-refractivity contribution in [3.05, 3.63) is 97.9 Å². The van der Waals surface area contributed by atoms with Crippen molar-refractivity contribution in [3.63, 3.8) is 0 Å². The fraction of sp³-hybridized carbons (Fsp3) is 0.0833. The van der Waals surface area contributed by atoms with Crippen LogP contribution in [0, 0.1) is 22.9 Å². The lowest BCUT2D eigenvalue weighted by Crippen LogP contribution is -2.11. The third kappa shape index (κ3) is 4.30. The SMILES string of the molecule is Cc1ccc(-c2csc(=Nc3ccc(F)cc3)n2N=Cc2cc3c(cc2[N+](=O)[O-])OCO3)cc1. The van der Waals surface area contributed by atoms with E-state index in [1.807, 2.05) is 36.6 Å². The molecule has 0 atom stereocenters. The predicted molar refractivity (Wildman–Crippen MR) is 126 cm³/mol. The Bertz CT molecular complexity index is 1470. The zero-order valence-electron chi connectivity index (χ0n) is 17.8. The van der Waals surface area contributed by atoms with Crippen LogP contribution in [0.15, 0.2) is 76.1 Å². The second-order valence-corrected chi connectivity index (χ2v) is 8.27. The van der Waals surface area contributed by atoms with Crippen LogP contribution in [0.3, 0.4) is 0 Å². The number of nitro groups is 1. The molecule has 0 aliphatic carbocycles. The summed E-state index contributed by atoms with van der Waals surface area (Å²) < 4.78 is 25.6. The standard InChI is InChI=1S/C24H17FN4O4S/c1-15-2-4-16(5-3-15)21-13-34-24(27-19-8-6-18(25)7-9-19)28(21)26-12-17-10-22-23(33-14-32-22)11-20(17)29(30)31/h2-13H,14H2,1H3. The Morgan fingerprint density at radius 1 is 1.09 bits per heavy atom. The molecular formula is C24H17FN4O4S. The fourth-order valence-electron chi connectivity index (χ4n) is 3.37. The highest BCUT2D eigenvalue weighted by Gasteiger charge is 2.22. The quantitative estimate of drug-likeness (QED) is 0.219. The number of fused-ring (bicyclic) bond motifs is 1. The summed E-state index contributed by atoms with van der Waals surface area (Å²) in [6.07, 6.45) is 1.40. The molecule has 2 heterocycles. The topological polar surface area (TPSA) is 91.2 Å². The normalized spacial score (nSPS) is 13.1. The zero-order chi connectivity index (χ0) is 23.7. The monoisotopic (exact) mass is 476 g/mol. The average molecular weight is 476 g/mol. The van der Waals surface area contributed by atoms with Crippen molar-refractivity contribution >= 4 is 28.9 Å². The van der Waals surface area contributed by atoms with Crippen molar-refractivity contribution < 1.29 is 18.8 Å². The van der Waals surface area contributed by atoms with Gasteiger partial charge in [0.1, 0.15) is 5.82 Å². The highest BCUT2D eigenvalue weighted by molar-refractivity contribution is 7.07. The van der Waals surface area contributed by atoms with Gasteiger partial charge in [0.05, 0.1) is 34.1 Å². The van der Waals surface area contributed by atoms with Crippen LogP contribution in [0.1, 0.15) is 11.1 Å². The minimum Gasteiger partial charge on any atom is -0.454 e. The molecule has 0 N–H and O–H groups in total. The van der Waals surface area contributed by atoms with Crippen LogP contribution in [0.25, 0.3) is 11.3 Å². The van der Waals surface area contributed by atoms with Gasteiger partial charge in [0.15, 0.2) is 11.5 Å².